The van der Waals surface area contributed by atoms with Crippen LogP contribution in [0.2, 0.25) is 10.0 Å². The van der Waals surface area contributed by atoms with Crippen LogP contribution in [0.4, 0.5) is 0 Å². The van der Waals surface area contributed by atoms with Gasteiger partial charge in [-0.3, -0.25) is 9.36 Å². The summed E-state index contributed by atoms with van der Waals surface area (Å²) in [6.45, 7) is 8.08. The van der Waals surface area contributed by atoms with E-state index in [9.17, 15) is 4.79 Å². The van der Waals surface area contributed by atoms with E-state index in [1.807, 2.05) is 41.8 Å². The minimum Gasteiger partial charge on any atom is -0.303 e. The molecule has 2 heterocycles. The van der Waals surface area contributed by atoms with Gasteiger partial charge in [0.2, 0.25) is 0 Å². The second-order valence-electron chi connectivity index (χ2n) is 7.81. The summed E-state index contributed by atoms with van der Waals surface area (Å²) in [6, 6.07) is 11.3. The molecule has 0 bridgehead atoms. The Bertz CT molecular complexity index is 1110. The van der Waals surface area contributed by atoms with Crippen LogP contribution in [0.15, 0.2) is 41.2 Å². The van der Waals surface area contributed by atoms with Crippen molar-refractivity contribution in [1.82, 2.24) is 14.5 Å². The van der Waals surface area contributed by atoms with Gasteiger partial charge in [-0.2, -0.15) is 0 Å². The standard InChI is InChI=1S/C23H25Cl2N3O/c1-3-27-11-5-6-16(13-27)14-28-15(2)26-21-10-9-17(12-19(21)23(28)29)18-7-4-8-20(24)22(18)25/h4,7-10,12,16H,3,5-6,11,13-14H2,1-2H3/t16-/m0/s1. The van der Waals surface area contributed by atoms with Crippen LogP contribution in [0.1, 0.15) is 25.6 Å². The lowest BCUT2D eigenvalue weighted by Crippen LogP contribution is -2.38. The molecule has 1 aromatic heterocycles. The summed E-state index contributed by atoms with van der Waals surface area (Å²) < 4.78 is 1.84. The van der Waals surface area contributed by atoms with E-state index in [2.05, 4.69) is 11.8 Å². The zero-order valence-electron chi connectivity index (χ0n) is 16.8. The number of fused-ring (bicyclic) bond motifs is 1. The van der Waals surface area contributed by atoms with Gasteiger partial charge in [-0.1, -0.05) is 48.3 Å². The number of benzene rings is 2. The van der Waals surface area contributed by atoms with Crippen LogP contribution >= 0.6 is 23.2 Å². The zero-order chi connectivity index (χ0) is 20.5. The fourth-order valence-electron chi connectivity index (χ4n) is 4.29. The van der Waals surface area contributed by atoms with E-state index in [0.29, 0.717) is 33.4 Å². The number of hydrogen-bond donors (Lipinski definition) is 0. The Labute approximate surface area is 181 Å². The predicted octanol–water partition coefficient (Wildman–Crippen LogP) is 5.41. The van der Waals surface area contributed by atoms with E-state index in [-0.39, 0.29) is 5.56 Å². The fourth-order valence-corrected chi connectivity index (χ4v) is 4.70. The summed E-state index contributed by atoms with van der Waals surface area (Å²) in [6.07, 6.45) is 2.34. The average Bonchev–Trinajstić information content (AvgIpc) is 2.73. The van der Waals surface area contributed by atoms with Crippen LogP contribution < -0.4 is 5.56 Å². The Balaban J connectivity index is 1.75. The molecule has 29 heavy (non-hydrogen) atoms. The van der Waals surface area contributed by atoms with Gasteiger partial charge in [-0.15, -0.1) is 0 Å². The maximum atomic E-state index is 13.4. The maximum Gasteiger partial charge on any atom is 0.261 e. The Morgan fingerprint density at radius 2 is 2.03 bits per heavy atom. The molecule has 0 spiro atoms. The Hall–Kier alpha value is -1.88. The third-order valence-electron chi connectivity index (χ3n) is 5.90. The molecule has 0 unspecified atom stereocenters. The van der Waals surface area contributed by atoms with E-state index < -0.39 is 0 Å². The molecule has 0 saturated carbocycles. The SMILES string of the molecule is CCN1CCC[C@H](Cn2c(C)nc3ccc(-c4cccc(Cl)c4Cl)cc3c2=O)C1. The monoisotopic (exact) mass is 429 g/mol. The lowest BCUT2D eigenvalue weighted by molar-refractivity contribution is 0.168. The molecule has 152 valence electrons. The first-order chi connectivity index (χ1) is 14.0. The predicted molar refractivity (Wildman–Crippen MR) is 121 cm³/mol. The van der Waals surface area contributed by atoms with Crippen LogP contribution in [0.5, 0.6) is 0 Å². The molecule has 4 rings (SSSR count). The summed E-state index contributed by atoms with van der Waals surface area (Å²) in [5.41, 5.74) is 2.41. The highest BCUT2D eigenvalue weighted by Crippen LogP contribution is 2.34. The lowest BCUT2D eigenvalue weighted by atomic mass is 9.97. The highest BCUT2D eigenvalue weighted by Gasteiger charge is 2.21. The summed E-state index contributed by atoms with van der Waals surface area (Å²) in [4.78, 5) is 20.5. The van der Waals surface area contributed by atoms with E-state index in [4.69, 9.17) is 28.2 Å². The van der Waals surface area contributed by atoms with Crippen molar-refractivity contribution in [2.45, 2.75) is 33.2 Å². The van der Waals surface area contributed by atoms with Gasteiger partial charge in [0.1, 0.15) is 5.82 Å². The number of aryl methyl sites for hydroxylation is 1. The smallest absolute Gasteiger partial charge is 0.261 e. The van der Waals surface area contributed by atoms with Crippen molar-refractivity contribution in [3.63, 3.8) is 0 Å². The molecule has 0 aliphatic carbocycles. The third kappa shape index (κ3) is 4.07. The normalized spacial score (nSPS) is 17.7. The lowest BCUT2D eigenvalue weighted by Gasteiger charge is -2.32. The zero-order valence-corrected chi connectivity index (χ0v) is 18.3. The first-order valence-electron chi connectivity index (χ1n) is 10.2. The molecule has 6 heteroatoms. The minimum absolute atomic E-state index is 0.0149. The highest BCUT2D eigenvalue weighted by atomic mass is 35.5. The topological polar surface area (TPSA) is 38.1 Å². The maximum absolute atomic E-state index is 13.4. The third-order valence-corrected chi connectivity index (χ3v) is 6.72. The molecular weight excluding hydrogens is 405 g/mol. The summed E-state index contributed by atoms with van der Waals surface area (Å²) in [5.74, 6) is 1.24. The van der Waals surface area contributed by atoms with E-state index >= 15 is 0 Å². The van der Waals surface area contributed by atoms with Crippen molar-refractivity contribution in [2.24, 2.45) is 5.92 Å². The first kappa shape index (κ1) is 20.4. The van der Waals surface area contributed by atoms with Gasteiger partial charge < -0.3 is 4.90 Å². The Morgan fingerprint density at radius 3 is 2.83 bits per heavy atom. The average molecular weight is 430 g/mol. The molecule has 1 aliphatic rings. The molecule has 0 N–H and O–H groups in total. The molecule has 2 aromatic carbocycles. The minimum atomic E-state index is 0.0149. The van der Waals surface area contributed by atoms with Gasteiger partial charge in [-0.25, -0.2) is 4.98 Å². The molecule has 1 fully saturated rings. The molecule has 1 atom stereocenters. The van der Waals surface area contributed by atoms with E-state index in [1.165, 1.54) is 6.42 Å². The van der Waals surface area contributed by atoms with Crippen molar-refractivity contribution in [1.29, 1.82) is 0 Å². The molecule has 0 radical (unpaired) electrons. The number of aromatic nitrogens is 2. The molecule has 1 aliphatic heterocycles. The summed E-state index contributed by atoms with van der Waals surface area (Å²) in [7, 11) is 0. The number of nitrogens with zero attached hydrogens (tertiary/aromatic N) is 3. The van der Waals surface area contributed by atoms with Gasteiger partial charge in [0.15, 0.2) is 0 Å². The Kier molecular flexibility index (Phi) is 5.95. The van der Waals surface area contributed by atoms with Crippen LogP contribution in [-0.2, 0) is 6.54 Å². The molecule has 3 aromatic rings. The number of likely N-dealkylation sites (tertiary alicyclic amines) is 1. The van der Waals surface area contributed by atoms with Crippen LogP contribution in [-0.4, -0.2) is 34.1 Å². The van der Waals surface area contributed by atoms with Crippen molar-refractivity contribution in [3.05, 3.63) is 62.6 Å². The van der Waals surface area contributed by atoms with Crippen molar-refractivity contribution in [3.8, 4) is 11.1 Å². The second-order valence-corrected chi connectivity index (χ2v) is 8.59. The molecule has 1 saturated heterocycles. The van der Waals surface area contributed by atoms with Gasteiger partial charge in [-0.05, 0) is 62.5 Å². The molecule has 4 nitrogen and oxygen atoms in total. The second kappa shape index (κ2) is 8.47. The van der Waals surface area contributed by atoms with E-state index in [0.717, 1.165) is 43.0 Å². The van der Waals surface area contributed by atoms with Gasteiger partial charge >= 0.3 is 0 Å². The highest BCUT2D eigenvalue weighted by molar-refractivity contribution is 6.43. The Morgan fingerprint density at radius 1 is 1.21 bits per heavy atom. The number of halogens is 2. The van der Waals surface area contributed by atoms with Crippen molar-refractivity contribution >= 4 is 34.1 Å². The van der Waals surface area contributed by atoms with Crippen LogP contribution in [0.3, 0.4) is 0 Å². The number of hydrogen-bond acceptors (Lipinski definition) is 3. The largest absolute Gasteiger partial charge is 0.303 e. The van der Waals surface area contributed by atoms with Gasteiger partial charge in [0.25, 0.3) is 5.56 Å². The summed E-state index contributed by atoms with van der Waals surface area (Å²) in [5, 5.41) is 1.62. The van der Waals surface area contributed by atoms with Gasteiger partial charge in [0, 0.05) is 18.7 Å². The fraction of sp³-hybridized carbons (Fsp3) is 0.391. The van der Waals surface area contributed by atoms with Crippen LogP contribution in [0, 0.1) is 12.8 Å². The first-order valence-corrected chi connectivity index (χ1v) is 10.9. The van der Waals surface area contributed by atoms with Crippen molar-refractivity contribution in [2.75, 3.05) is 19.6 Å². The number of piperidine rings is 1. The van der Waals surface area contributed by atoms with Crippen LogP contribution in [0.25, 0.3) is 22.0 Å². The molecular formula is C23H25Cl2N3O. The van der Waals surface area contributed by atoms with E-state index in [1.54, 1.807) is 6.07 Å². The quantitative estimate of drug-likeness (QED) is 0.556. The number of rotatable bonds is 4. The van der Waals surface area contributed by atoms with Crippen molar-refractivity contribution < 1.29 is 0 Å². The van der Waals surface area contributed by atoms with Gasteiger partial charge in [0.05, 0.1) is 20.9 Å². The summed E-state index contributed by atoms with van der Waals surface area (Å²) >= 11 is 12.6. The molecule has 0 amide bonds.